The Morgan fingerprint density at radius 1 is 1.15 bits per heavy atom. The average molecular weight is 276 g/mol. The number of piperazine rings is 1. The van der Waals surface area contributed by atoms with Crippen molar-refractivity contribution in [3.63, 3.8) is 0 Å². The van der Waals surface area contributed by atoms with Gasteiger partial charge in [-0.3, -0.25) is 4.90 Å². The van der Waals surface area contributed by atoms with Crippen LogP contribution in [0.3, 0.4) is 0 Å². The number of aromatic nitrogens is 2. The van der Waals surface area contributed by atoms with Crippen LogP contribution in [0.5, 0.6) is 0 Å². The molecule has 0 bridgehead atoms. The van der Waals surface area contributed by atoms with Gasteiger partial charge in [0.15, 0.2) is 0 Å². The smallest absolute Gasteiger partial charge is 0.148 e. The predicted molar refractivity (Wildman–Crippen MR) is 80.6 cm³/mol. The van der Waals surface area contributed by atoms with E-state index < -0.39 is 0 Å². The Balaban J connectivity index is 1.65. The molecule has 3 rings (SSSR count). The summed E-state index contributed by atoms with van der Waals surface area (Å²) in [6.45, 7) is 6.38. The Morgan fingerprint density at radius 2 is 1.85 bits per heavy atom. The molecule has 2 heterocycles. The molecule has 6 nitrogen and oxygen atoms in total. The summed E-state index contributed by atoms with van der Waals surface area (Å²) in [5.74, 6) is 7.22. The molecule has 0 spiro atoms. The number of hydrogen-bond donors (Lipinski definition) is 2. The van der Waals surface area contributed by atoms with Crippen molar-refractivity contribution >= 4 is 11.6 Å². The highest BCUT2D eigenvalue weighted by atomic mass is 15.3. The van der Waals surface area contributed by atoms with Crippen molar-refractivity contribution in [3.8, 4) is 0 Å². The first kappa shape index (κ1) is 13.6. The molecule has 0 radical (unpaired) electrons. The number of nitrogens with zero attached hydrogens (tertiary/aromatic N) is 4. The lowest BCUT2D eigenvalue weighted by Gasteiger charge is -2.39. The average Bonchev–Trinajstić information content (AvgIpc) is 3.02. The second kappa shape index (κ2) is 5.93. The topological polar surface area (TPSA) is 70.3 Å². The second-order valence-corrected chi connectivity index (χ2v) is 5.78. The number of nitrogen functional groups attached to an aromatic ring is 1. The first-order valence-corrected chi connectivity index (χ1v) is 7.57. The zero-order valence-corrected chi connectivity index (χ0v) is 12.2. The number of anilines is 2. The van der Waals surface area contributed by atoms with Gasteiger partial charge in [0.25, 0.3) is 0 Å². The minimum Gasteiger partial charge on any atom is -0.354 e. The molecule has 1 aliphatic carbocycles. The molecule has 110 valence electrons. The number of nitrogens with two attached hydrogens (primary N) is 1. The summed E-state index contributed by atoms with van der Waals surface area (Å²) in [4.78, 5) is 13.6. The fourth-order valence-electron chi connectivity index (χ4n) is 3.47. The summed E-state index contributed by atoms with van der Waals surface area (Å²) >= 11 is 0. The van der Waals surface area contributed by atoms with Crippen molar-refractivity contribution < 1.29 is 0 Å². The number of rotatable bonds is 3. The highest BCUT2D eigenvalue weighted by molar-refractivity contribution is 5.57. The van der Waals surface area contributed by atoms with Crippen molar-refractivity contribution in [1.29, 1.82) is 0 Å². The molecule has 0 amide bonds. The van der Waals surface area contributed by atoms with Gasteiger partial charge in [0.05, 0.1) is 0 Å². The zero-order chi connectivity index (χ0) is 13.9. The first-order valence-electron chi connectivity index (χ1n) is 7.57. The van der Waals surface area contributed by atoms with E-state index >= 15 is 0 Å². The maximum Gasteiger partial charge on any atom is 0.148 e. The molecule has 2 aliphatic rings. The van der Waals surface area contributed by atoms with Crippen LogP contribution in [0.25, 0.3) is 0 Å². The molecular formula is C14H24N6. The van der Waals surface area contributed by atoms with Crippen molar-refractivity contribution in [2.75, 3.05) is 36.5 Å². The van der Waals surface area contributed by atoms with E-state index in [9.17, 15) is 0 Å². The fraction of sp³-hybridized carbons (Fsp3) is 0.714. The molecule has 1 saturated heterocycles. The van der Waals surface area contributed by atoms with Crippen molar-refractivity contribution in [3.05, 3.63) is 11.9 Å². The summed E-state index contributed by atoms with van der Waals surface area (Å²) in [7, 11) is 0. The lowest BCUT2D eigenvalue weighted by molar-refractivity contribution is 0.187. The molecular weight excluding hydrogens is 252 g/mol. The highest BCUT2D eigenvalue weighted by Gasteiger charge is 2.27. The van der Waals surface area contributed by atoms with E-state index in [1.165, 1.54) is 25.7 Å². The van der Waals surface area contributed by atoms with Crippen molar-refractivity contribution in [2.24, 2.45) is 5.84 Å². The standard InChI is InChI=1S/C14H24N6/c1-11-13(18-15)16-10-17-14(11)20-8-6-19(7-9-20)12-4-2-3-5-12/h10,12H,2-9,15H2,1H3,(H,16,17,18). The van der Waals surface area contributed by atoms with Crippen LogP contribution >= 0.6 is 0 Å². The minimum atomic E-state index is 0.716. The van der Waals surface area contributed by atoms with Crippen LogP contribution in [0.4, 0.5) is 11.6 Å². The Bertz CT molecular complexity index is 449. The van der Waals surface area contributed by atoms with Gasteiger partial charge in [-0.1, -0.05) is 12.8 Å². The first-order chi connectivity index (χ1) is 9.79. The third kappa shape index (κ3) is 2.58. The Labute approximate surface area is 120 Å². The second-order valence-electron chi connectivity index (χ2n) is 5.78. The van der Waals surface area contributed by atoms with Gasteiger partial charge in [-0.15, -0.1) is 0 Å². The SMILES string of the molecule is Cc1c(NN)ncnc1N1CCN(C2CCCC2)CC1. The quantitative estimate of drug-likeness (QED) is 0.637. The van der Waals surface area contributed by atoms with Gasteiger partial charge >= 0.3 is 0 Å². The fourth-order valence-corrected chi connectivity index (χ4v) is 3.47. The Morgan fingerprint density at radius 3 is 2.50 bits per heavy atom. The Kier molecular flexibility index (Phi) is 4.03. The summed E-state index contributed by atoms with van der Waals surface area (Å²) in [5, 5.41) is 0. The van der Waals surface area contributed by atoms with Crippen LogP contribution in [0.2, 0.25) is 0 Å². The molecule has 3 N–H and O–H groups in total. The normalized spacial score (nSPS) is 21.4. The van der Waals surface area contributed by atoms with Gasteiger partial charge in [0.2, 0.25) is 0 Å². The van der Waals surface area contributed by atoms with Crippen LogP contribution in [-0.4, -0.2) is 47.1 Å². The number of hydrogen-bond acceptors (Lipinski definition) is 6. The van der Waals surface area contributed by atoms with Gasteiger partial charge < -0.3 is 10.3 Å². The van der Waals surface area contributed by atoms with Gasteiger partial charge in [0.1, 0.15) is 18.0 Å². The molecule has 20 heavy (non-hydrogen) atoms. The monoisotopic (exact) mass is 276 g/mol. The minimum absolute atomic E-state index is 0.716. The van der Waals surface area contributed by atoms with E-state index in [4.69, 9.17) is 5.84 Å². The largest absolute Gasteiger partial charge is 0.354 e. The number of hydrazine groups is 1. The van der Waals surface area contributed by atoms with Gasteiger partial charge in [-0.05, 0) is 19.8 Å². The van der Waals surface area contributed by atoms with Gasteiger partial charge in [0, 0.05) is 37.8 Å². The molecule has 2 fully saturated rings. The van der Waals surface area contributed by atoms with E-state index in [1.807, 2.05) is 6.92 Å². The van der Waals surface area contributed by atoms with Crippen molar-refractivity contribution in [2.45, 2.75) is 38.6 Å². The third-order valence-electron chi connectivity index (χ3n) is 4.65. The van der Waals surface area contributed by atoms with Crippen molar-refractivity contribution in [1.82, 2.24) is 14.9 Å². The molecule has 1 saturated carbocycles. The van der Waals surface area contributed by atoms with E-state index in [0.29, 0.717) is 5.82 Å². The Hall–Kier alpha value is -1.40. The third-order valence-corrected chi connectivity index (χ3v) is 4.65. The summed E-state index contributed by atoms with van der Waals surface area (Å²) in [5.41, 5.74) is 3.67. The van der Waals surface area contributed by atoms with Crippen LogP contribution in [0.15, 0.2) is 6.33 Å². The van der Waals surface area contributed by atoms with Crippen LogP contribution in [-0.2, 0) is 0 Å². The van der Waals surface area contributed by atoms with Crippen LogP contribution in [0, 0.1) is 6.92 Å². The van der Waals surface area contributed by atoms with E-state index in [-0.39, 0.29) is 0 Å². The molecule has 0 atom stereocenters. The molecule has 0 unspecified atom stereocenters. The summed E-state index contributed by atoms with van der Waals surface area (Å²) in [6, 6.07) is 0.824. The van der Waals surface area contributed by atoms with Gasteiger partial charge in [-0.25, -0.2) is 15.8 Å². The molecule has 0 aromatic carbocycles. The van der Waals surface area contributed by atoms with Crippen LogP contribution in [0.1, 0.15) is 31.2 Å². The van der Waals surface area contributed by atoms with E-state index in [2.05, 4.69) is 25.2 Å². The maximum absolute atomic E-state index is 5.49. The maximum atomic E-state index is 5.49. The molecule has 1 aromatic heterocycles. The predicted octanol–water partition coefficient (Wildman–Crippen LogP) is 1.14. The summed E-state index contributed by atoms with van der Waals surface area (Å²) in [6.07, 6.45) is 7.16. The molecule has 1 aliphatic heterocycles. The highest BCUT2D eigenvalue weighted by Crippen LogP contribution is 2.27. The zero-order valence-electron chi connectivity index (χ0n) is 12.2. The molecule has 6 heteroatoms. The molecule has 1 aromatic rings. The lowest BCUT2D eigenvalue weighted by atomic mass is 10.1. The summed E-state index contributed by atoms with van der Waals surface area (Å²) < 4.78 is 0. The van der Waals surface area contributed by atoms with E-state index in [1.54, 1.807) is 6.33 Å². The van der Waals surface area contributed by atoms with E-state index in [0.717, 1.165) is 43.6 Å². The van der Waals surface area contributed by atoms with Crippen LogP contribution < -0.4 is 16.2 Å². The van der Waals surface area contributed by atoms with Gasteiger partial charge in [-0.2, -0.15) is 0 Å². The number of nitrogens with one attached hydrogen (secondary N) is 1. The lowest BCUT2D eigenvalue weighted by Crippen LogP contribution is -2.50.